The topological polar surface area (TPSA) is 46.3 Å². The van der Waals surface area contributed by atoms with Gasteiger partial charge in [0, 0.05) is 18.6 Å². The molecule has 0 radical (unpaired) electrons. The van der Waals surface area contributed by atoms with Crippen molar-refractivity contribution in [2.75, 3.05) is 6.61 Å². The Bertz CT molecular complexity index is 506. The van der Waals surface area contributed by atoms with E-state index in [4.69, 9.17) is 9.52 Å². The van der Waals surface area contributed by atoms with Crippen molar-refractivity contribution in [3.8, 4) is 11.5 Å². The van der Waals surface area contributed by atoms with E-state index in [1.54, 1.807) is 6.26 Å². The molecule has 0 saturated heterocycles. The summed E-state index contributed by atoms with van der Waals surface area (Å²) in [6, 6.07) is 8.25. The Labute approximate surface area is 107 Å². The molecule has 18 heavy (non-hydrogen) atoms. The van der Waals surface area contributed by atoms with Crippen molar-refractivity contribution >= 4 is 0 Å². The lowest BCUT2D eigenvalue weighted by Crippen LogP contribution is -2.10. The first-order chi connectivity index (χ1) is 8.50. The van der Waals surface area contributed by atoms with Crippen LogP contribution in [0.25, 0.3) is 11.5 Å². The van der Waals surface area contributed by atoms with Crippen molar-refractivity contribution in [1.29, 1.82) is 0 Å². The fraction of sp³-hybridized carbons (Fsp3) is 0.400. The first kappa shape index (κ1) is 12.8. The Balaban J connectivity index is 2.23. The number of benzene rings is 1. The first-order valence-electron chi connectivity index (χ1n) is 6.17. The Kier molecular flexibility index (Phi) is 3.53. The highest BCUT2D eigenvalue weighted by molar-refractivity contribution is 5.54. The van der Waals surface area contributed by atoms with E-state index in [1.807, 2.05) is 12.1 Å². The van der Waals surface area contributed by atoms with Crippen molar-refractivity contribution in [2.24, 2.45) is 0 Å². The predicted octanol–water partition coefficient (Wildman–Crippen LogP) is 3.17. The van der Waals surface area contributed by atoms with E-state index in [1.165, 1.54) is 5.56 Å². The lowest BCUT2D eigenvalue weighted by Gasteiger charge is -2.18. The SMILES string of the molecule is CC(C)(C)c1ccc(-c2nc(CCO)co2)cc1. The van der Waals surface area contributed by atoms with Crippen molar-refractivity contribution in [3.05, 3.63) is 41.8 Å². The van der Waals surface area contributed by atoms with Crippen LogP contribution in [0.5, 0.6) is 0 Å². The molecule has 0 aliphatic carbocycles. The highest BCUT2D eigenvalue weighted by Crippen LogP contribution is 2.25. The van der Waals surface area contributed by atoms with Gasteiger partial charge >= 0.3 is 0 Å². The van der Waals surface area contributed by atoms with Crippen LogP contribution in [0.1, 0.15) is 32.0 Å². The van der Waals surface area contributed by atoms with E-state index in [-0.39, 0.29) is 12.0 Å². The minimum absolute atomic E-state index is 0.0922. The summed E-state index contributed by atoms with van der Waals surface area (Å²) in [4.78, 5) is 4.34. The van der Waals surface area contributed by atoms with E-state index in [9.17, 15) is 0 Å². The summed E-state index contributed by atoms with van der Waals surface area (Å²) in [5.74, 6) is 0.610. The normalized spacial score (nSPS) is 11.8. The molecule has 3 heteroatoms. The number of aliphatic hydroxyl groups is 1. The van der Waals surface area contributed by atoms with Gasteiger partial charge in [-0.2, -0.15) is 0 Å². The number of hydrogen-bond donors (Lipinski definition) is 1. The second-order valence-electron chi connectivity index (χ2n) is 5.44. The maximum Gasteiger partial charge on any atom is 0.226 e. The molecule has 0 bridgehead atoms. The molecule has 1 aromatic carbocycles. The van der Waals surface area contributed by atoms with E-state index < -0.39 is 0 Å². The minimum atomic E-state index is 0.0922. The smallest absolute Gasteiger partial charge is 0.226 e. The van der Waals surface area contributed by atoms with Crippen LogP contribution >= 0.6 is 0 Å². The number of aromatic nitrogens is 1. The lowest BCUT2D eigenvalue weighted by molar-refractivity contribution is 0.298. The van der Waals surface area contributed by atoms with Crippen LogP contribution in [0.4, 0.5) is 0 Å². The summed E-state index contributed by atoms with van der Waals surface area (Å²) in [6.07, 6.45) is 2.13. The quantitative estimate of drug-likeness (QED) is 0.903. The molecule has 2 rings (SSSR count). The van der Waals surface area contributed by atoms with Gasteiger partial charge in [0.1, 0.15) is 6.26 Å². The molecule has 1 aromatic heterocycles. The average Bonchev–Trinajstić information content (AvgIpc) is 2.77. The molecule has 1 N–H and O–H groups in total. The highest BCUT2D eigenvalue weighted by Gasteiger charge is 2.14. The molecule has 0 amide bonds. The van der Waals surface area contributed by atoms with Gasteiger partial charge in [-0.05, 0) is 23.1 Å². The summed E-state index contributed by atoms with van der Waals surface area (Å²) in [6.45, 7) is 6.65. The third-order valence-electron chi connectivity index (χ3n) is 2.92. The second kappa shape index (κ2) is 4.94. The summed E-state index contributed by atoms with van der Waals surface area (Å²) < 4.78 is 5.41. The molecule has 0 aliphatic rings. The van der Waals surface area contributed by atoms with Crippen LogP contribution in [0, 0.1) is 0 Å². The molecule has 0 aliphatic heterocycles. The zero-order valence-electron chi connectivity index (χ0n) is 11.1. The van der Waals surface area contributed by atoms with Crippen LogP contribution in [0.3, 0.4) is 0 Å². The Morgan fingerprint density at radius 1 is 1.17 bits per heavy atom. The summed E-state index contributed by atoms with van der Waals surface area (Å²) in [5, 5.41) is 8.84. The number of hydrogen-bond acceptors (Lipinski definition) is 3. The number of aliphatic hydroxyl groups excluding tert-OH is 1. The fourth-order valence-corrected chi connectivity index (χ4v) is 1.78. The molecular weight excluding hydrogens is 226 g/mol. The molecule has 0 fully saturated rings. The van der Waals surface area contributed by atoms with Gasteiger partial charge in [-0.25, -0.2) is 4.98 Å². The first-order valence-corrected chi connectivity index (χ1v) is 6.17. The summed E-state index contributed by atoms with van der Waals surface area (Å²) in [5.41, 5.74) is 3.19. The average molecular weight is 245 g/mol. The Hall–Kier alpha value is -1.61. The van der Waals surface area contributed by atoms with Gasteiger partial charge in [0.05, 0.1) is 5.69 Å². The maximum atomic E-state index is 8.84. The van der Waals surface area contributed by atoms with Crippen LogP contribution in [0.15, 0.2) is 34.9 Å². The van der Waals surface area contributed by atoms with Crippen LogP contribution in [0.2, 0.25) is 0 Å². The predicted molar refractivity (Wildman–Crippen MR) is 71.4 cm³/mol. The van der Waals surface area contributed by atoms with Crippen molar-refractivity contribution in [2.45, 2.75) is 32.6 Å². The monoisotopic (exact) mass is 245 g/mol. The molecule has 0 saturated carbocycles. The standard InChI is InChI=1S/C15H19NO2/c1-15(2,3)12-6-4-11(5-7-12)14-16-13(8-9-17)10-18-14/h4-7,10,17H,8-9H2,1-3H3. The number of nitrogens with zero attached hydrogens (tertiary/aromatic N) is 1. The maximum absolute atomic E-state index is 8.84. The van der Waals surface area contributed by atoms with Gasteiger partial charge in [0.2, 0.25) is 5.89 Å². The van der Waals surface area contributed by atoms with Crippen molar-refractivity contribution in [1.82, 2.24) is 4.98 Å². The summed E-state index contributed by atoms with van der Waals surface area (Å²) >= 11 is 0. The van der Waals surface area contributed by atoms with Crippen LogP contribution in [-0.2, 0) is 11.8 Å². The molecular formula is C15H19NO2. The largest absolute Gasteiger partial charge is 0.444 e. The molecule has 96 valence electrons. The van der Waals surface area contributed by atoms with E-state index in [0.717, 1.165) is 11.3 Å². The number of oxazole rings is 1. The second-order valence-corrected chi connectivity index (χ2v) is 5.44. The Morgan fingerprint density at radius 3 is 2.39 bits per heavy atom. The molecule has 0 unspecified atom stereocenters. The van der Waals surface area contributed by atoms with Gasteiger partial charge in [-0.3, -0.25) is 0 Å². The Morgan fingerprint density at radius 2 is 1.83 bits per heavy atom. The highest BCUT2D eigenvalue weighted by atomic mass is 16.3. The van der Waals surface area contributed by atoms with Gasteiger partial charge in [0.15, 0.2) is 0 Å². The zero-order valence-corrected chi connectivity index (χ0v) is 11.1. The third-order valence-corrected chi connectivity index (χ3v) is 2.92. The van der Waals surface area contributed by atoms with E-state index >= 15 is 0 Å². The van der Waals surface area contributed by atoms with E-state index in [0.29, 0.717) is 12.3 Å². The molecule has 0 spiro atoms. The molecule has 2 aromatic rings. The van der Waals surface area contributed by atoms with Crippen molar-refractivity contribution < 1.29 is 9.52 Å². The van der Waals surface area contributed by atoms with Gasteiger partial charge < -0.3 is 9.52 Å². The molecule has 3 nitrogen and oxygen atoms in total. The molecule has 1 heterocycles. The number of rotatable bonds is 3. The van der Waals surface area contributed by atoms with Crippen LogP contribution in [-0.4, -0.2) is 16.7 Å². The lowest BCUT2D eigenvalue weighted by atomic mass is 9.87. The van der Waals surface area contributed by atoms with Gasteiger partial charge in [0.25, 0.3) is 0 Å². The third kappa shape index (κ3) is 2.79. The zero-order chi connectivity index (χ0) is 13.2. The fourth-order valence-electron chi connectivity index (χ4n) is 1.78. The minimum Gasteiger partial charge on any atom is -0.444 e. The van der Waals surface area contributed by atoms with Gasteiger partial charge in [-0.15, -0.1) is 0 Å². The van der Waals surface area contributed by atoms with Crippen molar-refractivity contribution in [3.63, 3.8) is 0 Å². The summed E-state index contributed by atoms with van der Waals surface area (Å²) in [7, 11) is 0. The van der Waals surface area contributed by atoms with Gasteiger partial charge in [-0.1, -0.05) is 32.9 Å². The molecule has 0 atom stereocenters. The van der Waals surface area contributed by atoms with E-state index in [2.05, 4.69) is 37.9 Å². The van der Waals surface area contributed by atoms with Crippen LogP contribution < -0.4 is 0 Å².